The summed E-state index contributed by atoms with van der Waals surface area (Å²) in [5.41, 5.74) is 6.68. The van der Waals surface area contributed by atoms with E-state index >= 15 is 0 Å². The van der Waals surface area contributed by atoms with Gasteiger partial charge in [-0.1, -0.05) is 32.6 Å². The predicted molar refractivity (Wildman–Crippen MR) is 74.1 cm³/mol. The highest BCUT2D eigenvalue weighted by Crippen LogP contribution is 2.29. The average molecular weight is 238 g/mol. The van der Waals surface area contributed by atoms with Gasteiger partial charge in [-0.3, -0.25) is 0 Å². The van der Waals surface area contributed by atoms with Crippen LogP contribution < -0.4 is 5.73 Å². The molecule has 0 aromatic rings. The molecule has 2 aliphatic rings. The van der Waals surface area contributed by atoms with Crippen molar-refractivity contribution < 1.29 is 0 Å². The van der Waals surface area contributed by atoms with Crippen LogP contribution in [0.15, 0.2) is 0 Å². The van der Waals surface area contributed by atoms with Crippen LogP contribution in [0.1, 0.15) is 64.7 Å². The molecule has 0 bridgehead atoms. The lowest BCUT2D eigenvalue weighted by atomic mass is 9.80. The number of rotatable bonds is 4. The number of nitrogens with two attached hydrogens (primary N) is 1. The molecule has 0 amide bonds. The Morgan fingerprint density at radius 2 is 1.76 bits per heavy atom. The summed E-state index contributed by atoms with van der Waals surface area (Å²) in [6.07, 6.45) is 12.1. The van der Waals surface area contributed by atoms with E-state index in [0.717, 1.165) is 5.92 Å². The van der Waals surface area contributed by atoms with E-state index in [1.54, 1.807) is 0 Å². The van der Waals surface area contributed by atoms with Crippen LogP contribution in [0.25, 0.3) is 0 Å². The Morgan fingerprint density at radius 3 is 2.35 bits per heavy atom. The summed E-state index contributed by atoms with van der Waals surface area (Å²) < 4.78 is 0. The molecule has 100 valence electrons. The molecular formula is C15H30N2. The monoisotopic (exact) mass is 238 g/mol. The quantitative estimate of drug-likeness (QED) is 0.815. The molecule has 2 N–H and O–H groups in total. The van der Waals surface area contributed by atoms with Crippen LogP contribution in [0.3, 0.4) is 0 Å². The van der Waals surface area contributed by atoms with Crippen LogP contribution in [0.5, 0.6) is 0 Å². The minimum atomic E-state index is 0.180. The first-order chi connectivity index (χ1) is 8.22. The first-order valence-electron chi connectivity index (χ1n) is 7.73. The normalized spacial score (nSPS) is 27.2. The van der Waals surface area contributed by atoms with Crippen molar-refractivity contribution in [3.8, 4) is 0 Å². The Labute approximate surface area is 107 Å². The molecule has 2 fully saturated rings. The largest absolute Gasteiger partial charge is 0.325 e. The van der Waals surface area contributed by atoms with Gasteiger partial charge in [0.15, 0.2) is 0 Å². The Kier molecular flexibility index (Phi) is 4.87. The van der Waals surface area contributed by atoms with E-state index in [1.807, 2.05) is 0 Å². The summed E-state index contributed by atoms with van der Waals surface area (Å²) >= 11 is 0. The lowest BCUT2D eigenvalue weighted by molar-refractivity contribution is 0.156. The number of hydrogen-bond acceptors (Lipinski definition) is 2. The third-order valence-corrected chi connectivity index (χ3v) is 5.06. The van der Waals surface area contributed by atoms with Crippen LogP contribution in [-0.4, -0.2) is 30.1 Å². The molecule has 1 saturated carbocycles. The standard InChI is InChI=1S/C15H30N2/c1-2-14-6-11-17(12-7-14)13-10-15(16)8-4-3-5-9-15/h14H,2-13,16H2,1H3. The van der Waals surface area contributed by atoms with Gasteiger partial charge in [-0.25, -0.2) is 0 Å². The number of nitrogens with zero attached hydrogens (tertiary/aromatic N) is 1. The van der Waals surface area contributed by atoms with Crippen molar-refractivity contribution in [2.45, 2.75) is 70.3 Å². The van der Waals surface area contributed by atoms with E-state index in [0.29, 0.717) is 0 Å². The van der Waals surface area contributed by atoms with Crippen molar-refractivity contribution >= 4 is 0 Å². The summed E-state index contributed by atoms with van der Waals surface area (Å²) in [6, 6.07) is 0. The summed E-state index contributed by atoms with van der Waals surface area (Å²) in [6.45, 7) is 6.20. The van der Waals surface area contributed by atoms with E-state index in [1.165, 1.54) is 77.4 Å². The van der Waals surface area contributed by atoms with Crippen LogP contribution >= 0.6 is 0 Å². The Hall–Kier alpha value is -0.0800. The first kappa shape index (κ1) is 13.4. The maximum Gasteiger partial charge on any atom is 0.0166 e. The van der Waals surface area contributed by atoms with Gasteiger partial charge in [-0.05, 0) is 57.7 Å². The van der Waals surface area contributed by atoms with E-state index < -0.39 is 0 Å². The average Bonchev–Trinajstić information content (AvgIpc) is 2.38. The van der Waals surface area contributed by atoms with E-state index in [-0.39, 0.29) is 5.54 Å². The molecule has 0 aromatic heterocycles. The van der Waals surface area contributed by atoms with Gasteiger partial charge in [-0.2, -0.15) is 0 Å². The maximum atomic E-state index is 6.50. The van der Waals surface area contributed by atoms with Crippen LogP contribution in [0, 0.1) is 5.92 Å². The Bertz CT molecular complexity index is 213. The molecular weight excluding hydrogens is 208 g/mol. The molecule has 2 rings (SSSR count). The lowest BCUT2D eigenvalue weighted by Gasteiger charge is -2.37. The van der Waals surface area contributed by atoms with Gasteiger partial charge < -0.3 is 10.6 Å². The van der Waals surface area contributed by atoms with Crippen molar-refractivity contribution in [3.05, 3.63) is 0 Å². The Morgan fingerprint density at radius 1 is 1.12 bits per heavy atom. The first-order valence-corrected chi connectivity index (χ1v) is 7.73. The third kappa shape index (κ3) is 3.96. The second kappa shape index (κ2) is 6.19. The maximum absolute atomic E-state index is 6.50. The molecule has 0 radical (unpaired) electrons. The molecule has 1 aliphatic heterocycles. The molecule has 2 heteroatoms. The van der Waals surface area contributed by atoms with Crippen LogP contribution in [0.4, 0.5) is 0 Å². The summed E-state index contributed by atoms with van der Waals surface area (Å²) in [5, 5.41) is 0. The molecule has 0 aromatic carbocycles. The highest BCUT2D eigenvalue weighted by molar-refractivity contribution is 4.88. The summed E-state index contributed by atoms with van der Waals surface area (Å²) in [5.74, 6) is 0.993. The van der Waals surface area contributed by atoms with E-state index in [4.69, 9.17) is 5.73 Å². The van der Waals surface area contributed by atoms with Gasteiger partial charge >= 0.3 is 0 Å². The zero-order valence-electron chi connectivity index (χ0n) is 11.6. The third-order valence-electron chi connectivity index (χ3n) is 5.06. The fourth-order valence-electron chi connectivity index (χ4n) is 3.50. The van der Waals surface area contributed by atoms with Crippen LogP contribution in [0.2, 0.25) is 0 Å². The van der Waals surface area contributed by atoms with Crippen molar-refractivity contribution in [1.29, 1.82) is 0 Å². The van der Waals surface area contributed by atoms with Gasteiger partial charge in [0.1, 0.15) is 0 Å². The SMILES string of the molecule is CCC1CCN(CCC2(N)CCCCC2)CC1. The van der Waals surface area contributed by atoms with Crippen molar-refractivity contribution in [2.24, 2.45) is 11.7 Å². The molecule has 0 unspecified atom stereocenters. The zero-order chi connectivity index (χ0) is 12.1. The van der Waals surface area contributed by atoms with Crippen molar-refractivity contribution in [1.82, 2.24) is 4.90 Å². The fraction of sp³-hybridized carbons (Fsp3) is 1.00. The Balaban J connectivity index is 1.68. The van der Waals surface area contributed by atoms with Gasteiger partial charge in [0, 0.05) is 5.54 Å². The molecule has 0 atom stereocenters. The highest BCUT2D eigenvalue weighted by atomic mass is 15.1. The van der Waals surface area contributed by atoms with Crippen LogP contribution in [-0.2, 0) is 0 Å². The smallest absolute Gasteiger partial charge is 0.0166 e. The predicted octanol–water partition coefficient (Wildman–Crippen LogP) is 3.16. The fourth-order valence-corrected chi connectivity index (χ4v) is 3.50. The van der Waals surface area contributed by atoms with Gasteiger partial charge in [0.05, 0.1) is 0 Å². The minimum absolute atomic E-state index is 0.180. The molecule has 2 nitrogen and oxygen atoms in total. The van der Waals surface area contributed by atoms with Gasteiger partial charge in [0.25, 0.3) is 0 Å². The minimum Gasteiger partial charge on any atom is -0.325 e. The number of hydrogen-bond donors (Lipinski definition) is 1. The van der Waals surface area contributed by atoms with Crippen molar-refractivity contribution in [3.63, 3.8) is 0 Å². The zero-order valence-corrected chi connectivity index (χ0v) is 11.6. The van der Waals surface area contributed by atoms with Gasteiger partial charge in [-0.15, -0.1) is 0 Å². The van der Waals surface area contributed by atoms with E-state index in [2.05, 4.69) is 11.8 Å². The van der Waals surface area contributed by atoms with Gasteiger partial charge in [0.2, 0.25) is 0 Å². The number of likely N-dealkylation sites (tertiary alicyclic amines) is 1. The lowest BCUT2D eigenvalue weighted by Crippen LogP contribution is -2.45. The number of piperidine rings is 1. The second-order valence-electron chi connectivity index (χ2n) is 6.37. The molecule has 0 spiro atoms. The molecule has 1 aliphatic carbocycles. The summed E-state index contributed by atoms with van der Waals surface area (Å²) in [7, 11) is 0. The molecule has 17 heavy (non-hydrogen) atoms. The highest BCUT2D eigenvalue weighted by Gasteiger charge is 2.28. The van der Waals surface area contributed by atoms with Crippen molar-refractivity contribution in [2.75, 3.05) is 19.6 Å². The second-order valence-corrected chi connectivity index (χ2v) is 6.37. The molecule has 1 saturated heterocycles. The van der Waals surface area contributed by atoms with E-state index in [9.17, 15) is 0 Å². The topological polar surface area (TPSA) is 29.3 Å². The molecule has 1 heterocycles. The summed E-state index contributed by atoms with van der Waals surface area (Å²) in [4.78, 5) is 2.65.